The highest BCUT2D eigenvalue weighted by Gasteiger charge is 2.27. The summed E-state index contributed by atoms with van der Waals surface area (Å²) in [4.78, 5) is 15.7. The first-order valence-electron chi connectivity index (χ1n) is 5.23. The van der Waals surface area contributed by atoms with Gasteiger partial charge in [0.25, 0.3) is 0 Å². The topological polar surface area (TPSA) is 43.8 Å². The van der Waals surface area contributed by atoms with Crippen molar-refractivity contribution in [2.45, 2.75) is 25.3 Å². The largest absolute Gasteiger partial charge is 0.395 e. The van der Waals surface area contributed by atoms with Crippen LogP contribution in [-0.4, -0.2) is 60.6 Å². The number of aliphatic hydroxyl groups excluding tert-OH is 1. The van der Waals surface area contributed by atoms with E-state index in [2.05, 4.69) is 0 Å². The van der Waals surface area contributed by atoms with E-state index in [1.807, 2.05) is 19.0 Å². The number of likely N-dealkylation sites (tertiary alicyclic amines) is 1. The zero-order valence-corrected chi connectivity index (χ0v) is 9.07. The van der Waals surface area contributed by atoms with Gasteiger partial charge in [0.05, 0.1) is 12.6 Å². The van der Waals surface area contributed by atoms with Crippen molar-refractivity contribution >= 4 is 5.91 Å². The first-order chi connectivity index (χ1) is 6.66. The number of hydrogen-bond acceptors (Lipinski definition) is 3. The van der Waals surface area contributed by atoms with E-state index in [0.29, 0.717) is 6.54 Å². The SMILES string of the molecule is CN(C)C1CCCCN(CCO)C1=O. The number of hydrogen-bond donors (Lipinski definition) is 1. The number of carbonyl (C=O) groups excluding carboxylic acids is 1. The summed E-state index contributed by atoms with van der Waals surface area (Å²) >= 11 is 0. The Kier molecular flexibility index (Phi) is 4.35. The Morgan fingerprint density at radius 3 is 2.79 bits per heavy atom. The third kappa shape index (κ3) is 2.69. The van der Waals surface area contributed by atoms with E-state index in [4.69, 9.17) is 5.11 Å². The molecule has 1 unspecified atom stereocenters. The molecule has 1 saturated heterocycles. The van der Waals surface area contributed by atoms with E-state index < -0.39 is 0 Å². The summed E-state index contributed by atoms with van der Waals surface area (Å²) in [6, 6.07) is 0.00375. The van der Waals surface area contributed by atoms with Crippen LogP contribution in [0.1, 0.15) is 19.3 Å². The fourth-order valence-corrected chi connectivity index (χ4v) is 1.91. The minimum absolute atomic E-state index is 0.00375. The first-order valence-corrected chi connectivity index (χ1v) is 5.23. The highest BCUT2D eigenvalue weighted by Crippen LogP contribution is 2.14. The Labute approximate surface area is 85.5 Å². The Hall–Kier alpha value is -0.610. The van der Waals surface area contributed by atoms with E-state index in [0.717, 1.165) is 25.8 Å². The summed E-state index contributed by atoms with van der Waals surface area (Å²) in [5.41, 5.74) is 0. The van der Waals surface area contributed by atoms with Crippen molar-refractivity contribution < 1.29 is 9.90 Å². The second kappa shape index (κ2) is 5.32. The molecule has 1 fully saturated rings. The van der Waals surface area contributed by atoms with E-state index in [1.165, 1.54) is 0 Å². The van der Waals surface area contributed by atoms with Gasteiger partial charge in [-0.2, -0.15) is 0 Å². The van der Waals surface area contributed by atoms with Gasteiger partial charge in [-0.05, 0) is 33.4 Å². The van der Waals surface area contributed by atoms with Crippen molar-refractivity contribution in [2.75, 3.05) is 33.8 Å². The Balaban J connectivity index is 2.64. The molecule has 0 aromatic rings. The van der Waals surface area contributed by atoms with Crippen LogP contribution >= 0.6 is 0 Å². The fourth-order valence-electron chi connectivity index (χ4n) is 1.91. The van der Waals surface area contributed by atoms with E-state index in [1.54, 1.807) is 4.90 Å². The lowest BCUT2D eigenvalue weighted by Gasteiger charge is -2.27. The minimum Gasteiger partial charge on any atom is -0.395 e. The molecule has 1 heterocycles. The van der Waals surface area contributed by atoms with Crippen LogP contribution in [0.5, 0.6) is 0 Å². The van der Waals surface area contributed by atoms with Crippen molar-refractivity contribution in [3.05, 3.63) is 0 Å². The molecule has 0 radical (unpaired) electrons. The average Bonchev–Trinajstić information content (AvgIpc) is 2.30. The molecular formula is C10H20N2O2. The lowest BCUT2D eigenvalue weighted by molar-refractivity contribution is -0.135. The van der Waals surface area contributed by atoms with Gasteiger partial charge < -0.3 is 10.0 Å². The molecule has 1 N–H and O–H groups in total. The minimum atomic E-state index is 0.00375. The number of amides is 1. The standard InChI is InChI=1S/C10H20N2O2/c1-11(2)9-5-3-4-6-12(7-8-13)10(9)14/h9,13H,3-8H2,1-2H3. The summed E-state index contributed by atoms with van der Waals surface area (Å²) in [6.07, 6.45) is 3.08. The maximum Gasteiger partial charge on any atom is 0.239 e. The maximum atomic E-state index is 12.0. The van der Waals surface area contributed by atoms with Crippen LogP contribution < -0.4 is 0 Å². The highest BCUT2D eigenvalue weighted by atomic mass is 16.3. The lowest BCUT2D eigenvalue weighted by atomic mass is 10.1. The number of nitrogens with zero attached hydrogens (tertiary/aromatic N) is 2. The predicted molar refractivity (Wildman–Crippen MR) is 55.0 cm³/mol. The number of β-amino-alcohol motifs (C(OH)–C–C–N with tert-alkyl or cyclic N) is 1. The van der Waals surface area contributed by atoms with Gasteiger partial charge in [-0.3, -0.25) is 9.69 Å². The second-order valence-corrected chi connectivity index (χ2v) is 4.02. The third-order valence-corrected chi connectivity index (χ3v) is 2.75. The third-order valence-electron chi connectivity index (χ3n) is 2.75. The van der Waals surface area contributed by atoms with Crippen LogP contribution in [0.2, 0.25) is 0 Å². The normalized spacial score (nSPS) is 24.1. The summed E-state index contributed by atoms with van der Waals surface area (Å²) < 4.78 is 0. The molecule has 0 aromatic carbocycles. The lowest BCUT2D eigenvalue weighted by Crippen LogP contribution is -2.45. The van der Waals surface area contributed by atoms with Gasteiger partial charge in [0, 0.05) is 13.1 Å². The number of rotatable bonds is 3. The molecule has 82 valence electrons. The van der Waals surface area contributed by atoms with Gasteiger partial charge in [-0.15, -0.1) is 0 Å². The monoisotopic (exact) mass is 200 g/mol. The van der Waals surface area contributed by atoms with Gasteiger partial charge in [-0.25, -0.2) is 0 Å². The number of likely N-dealkylation sites (N-methyl/N-ethyl adjacent to an activating group) is 1. The van der Waals surface area contributed by atoms with Crippen LogP contribution in [0.4, 0.5) is 0 Å². The van der Waals surface area contributed by atoms with E-state index >= 15 is 0 Å². The van der Waals surface area contributed by atoms with Gasteiger partial charge >= 0.3 is 0 Å². The zero-order valence-electron chi connectivity index (χ0n) is 9.07. The number of carbonyl (C=O) groups is 1. The summed E-state index contributed by atoms with van der Waals surface area (Å²) in [5.74, 6) is 0.168. The van der Waals surface area contributed by atoms with Gasteiger partial charge in [0.15, 0.2) is 0 Å². The Bertz CT molecular complexity index is 195. The van der Waals surface area contributed by atoms with Crippen LogP contribution in [0.3, 0.4) is 0 Å². The van der Waals surface area contributed by atoms with Crippen molar-refractivity contribution in [3.63, 3.8) is 0 Å². The highest BCUT2D eigenvalue weighted by molar-refractivity contribution is 5.82. The first kappa shape index (κ1) is 11.5. The van der Waals surface area contributed by atoms with Crippen LogP contribution in [0.25, 0.3) is 0 Å². The molecule has 0 saturated carbocycles. The second-order valence-electron chi connectivity index (χ2n) is 4.02. The van der Waals surface area contributed by atoms with Crippen LogP contribution in [-0.2, 0) is 4.79 Å². The quantitative estimate of drug-likeness (QED) is 0.693. The molecule has 1 rings (SSSR count). The molecular weight excluding hydrogens is 180 g/mol. The van der Waals surface area contributed by atoms with Gasteiger partial charge in [0.2, 0.25) is 5.91 Å². The van der Waals surface area contributed by atoms with Crippen molar-refractivity contribution in [2.24, 2.45) is 0 Å². The van der Waals surface area contributed by atoms with Crippen LogP contribution in [0, 0.1) is 0 Å². The van der Waals surface area contributed by atoms with Crippen molar-refractivity contribution in [1.29, 1.82) is 0 Å². The molecule has 1 aliphatic rings. The Morgan fingerprint density at radius 1 is 1.50 bits per heavy atom. The average molecular weight is 200 g/mol. The predicted octanol–water partition coefficient (Wildman–Crippen LogP) is -0.0786. The van der Waals surface area contributed by atoms with E-state index in [9.17, 15) is 4.79 Å². The summed E-state index contributed by atoms with van der Waals surface area (Å²) in [5, 5.41) is 8.85. The molecule has 0 aromatic heterocycles. The smallest absolute Gasteiger partial charge is 0.239 e. The molecule has 0 bridgehead atoms. The molecule has 14 heavy (non-hydrogen) atoms. The molecule has 0 spiro atoms. The Morgan fingerprint density at radius 2 is 2.21 bits per heavy atom. The molecule has 0 aliphatic carbocycles. The van der Waals surface area contributed by atoms with Gasteiger partial charge in [0.1, 0.15) is 0 Å². The molecule has 4 nitrogen and oxygen atoms in total. The summed E-state index contributed by atoms with van der Waals surface area (Å²) in [7, 11) is 3.87. The molecule has 4 heteroatoms. The van der Waals surface area contributed by atoms with E-state index in [-0.39, 0.29) is 18.6 Å². The van der Waals surface area contributed by atoms with Gasteiger partial charge in [-0.1, -0.05) is 0 Å². The molecule has 1 aliphatic heterocycles. The summed E-state index contributed by atoms with van der Waals surface area (Å²) in [6.45, 7) is 1.33. The fraction of sp³-hybridized carbons (Fsp3) is 0.900. The number of aliphatic hydroxyl groups is 1. The van der Waals surface area contributed by atoms with Crippen molar-refractivity contribution in [1.82, 2.24) is 9.80 Å². The molecule has 1 amide bonds. The zero-order chi connectivity index (χ0) is 10.6. The maximum absolute atomic E-state index is 12.0. The van der Waals surface area contributed by atoms with Crippen LogP contribution in [0.15, 0.2) is 0 Å². The molecule has 1 atom stereocenters. The van der Waals surface area contributed by atoms with Crippen molar-refractivity contribution in [3.8, 4) is 0 Å².